The third-order valence-corrected chi connectivity index (χ3v) is 5.44. The van der Waals surface area contributed by atoms with Crippen molar-refractivity contribution in [2.45, 2.75) is 18.7 Å². The standard InChI is InChI=1S/C20H19N5O3S/c1-4-11-22-29(27,28)18-8-5-16(6-9-18)20(26)23-17-7-10-19(21-13-17)25-15(3)12-14(2)24-25/h1,5-10,12-13,22H,11H2,2-3H3,(H,23,26). The first kappa shape index (κ1) is 20.3. The average molecular weight is 409 g/mol. The minimum atomic E-state index is -3.70. The number of terminal acetylenes is 1. The predicted octanol–water partition coefficient (Wildman–Crippen LogP) is 2.05. The third-order valence-electron chi connectivity index (χ3n) is 4.02. The van der Waals surface area contributed by atoms with E-state index in [1.807, 2.05) is 19.9 Å². The first-order chi connectivity index (χ1) is 13.8. The van der Waals surface area contributed by atoms with E-state index < -0.39 is 10.0 Å². The smallest absolute Gasteiger partial charge is 0.255 e. The molecule has 9 heteroatoms. The van der Waals surface area contributed by atoms with Crippen LogP contribution in [-0.2, 0) is 10.0 Å². The molecular weight excluding hydrogens is 390 g/mol. The van der Waals surface area contributed by atoms with Gasteiger partial charge in [-0.25, -0.2) is 18.1 Å². The fourth-order valence-electron chi connectivity index (χ4n) is 2.65. The number of carbonyl (C=O) groups is 1. The van der Waals surface area contributed by atoms with Crippen LogP contribution in [0.2, 0.25) is 0 Å². The van der Waals surface area contributed by atoms with Gasteiger partial charge < -0.3 is 5.32 Å². The van der Waals surface area contributed by atoms with Crippen molar-refractivity contribution >= 4 is 21.6 Å². The molecular formula is C20H19N5O3S. The molecule has 3 rings (SSSR count). The van der Waals surface area contributed by atoms with Crippen LogP contribution in [0.4, 0.5) is 5.69 Å². The molecule has 2 N–H and O–H groups in total. The second-order valence-electron chi connectivity index (χ2n) is 6.25. The third kappa shape index (κ3) is 4.68. The summed E-state index contributed by atoms with van der Waals surface area (Å²) in [5, 5.41) is 7.09. The van der Waals surface area contributed by atoms with Gasteiger partial charge in [-0.05, 0) is 56.3 Å². The quantitative estimate of drug-likeness (QED) is 0.606. The van der Waals surface area contributed by atoms with E-state index >= 15 is 0 Å². The molecule has 2 heterocycles. The fraction of sp³-hybridized carbons (Fsp3) is 0.150. The van der Waals surface area contributed by atoms with Gasteiger partial charge in [0, 0.05) is 11.3 Å². The van der Waals surface area contributed by atoms with Gasteiger partial charge >= 0.3 is 0 Å². The molecule has 2 aromatic heterocycles. The summed E-state index contributed by atoms with van der Waals surface area (Å²) in [6, 6.07) is 11.0. The van der Waals surface area contributed by atoms with Crippen LogP contribution in [0.1, 0.15) is 21.7 Å². The van der Waals surface area contributed by atoms with Gasteiger partial charge in [0.2, 0.25) is 10.0 Å². The minimum Gasteiger partial charge on any atom is -0.321 e. The molecule has 0 atom stereocenters. The lowest BCUT2D eigenvalue weighted by Gasteiger charge is -2.08. The summed E-state index contributed by atoms with van der Waals surface area (Å²) in [6.45, 7) is 3.73. The number of anilines is 1. The Morgan fingerprint density at radius 1 is 1.17 bits per heavy atom. The van der Waals surface area contributed by atoms with Gasteiger partial charge in [0.1, 0.15) is 0 Å². The van der Waals surface area contributed by atoms with Crippen LogP contribution in [0.25, 0.3) is 5.82 Å². The summed E-state index contributed by atoms with van der Waals surface area (Å²) in [7, 11) is -3.70. The van der Waals surface area contributed by atoms with Crippen molar-refractivity contribution in [2.24, 2.45) is 0 Å². The number of nitrogens with zero attached hydrogens (tertiary/aromatic N) is 3. The number of aryl methyl sites for hydroxylation is 2. The Labute approximate surface area is 169 Å². The maximum absolute atomic E-state index is 12.4. The van der Waals surface area contributed by atoms with E-state index in [0.29, 0.717) is 17.1 Å². The largest absolute Gasteiger partial charge is 0.321 e. The molecule has 0 aliphatic rings. The van der Waals surface area contributed by atoms with Gasteiger partial charge in [-0.15, -0.1) is 6.42 Å². The second-order valence-corrected chi connectivity index (χ2v) is 8.02. The zero-order valence-electron chi connectivity index (χ0n) is 15.9. The summed E-state index contributed by atoms with van der Waals surface area (Å²) >= 11 is 0. The molecule has 0 spiro atoms. The Morgan fingerprint density at radius 2 is 1.90 bits per heavy atom. The van der Waals surface area contributed by atoms with Crippen molar-refractivity contribution in [3.8, 4) is 18.2 Å². The Hall–Kier alpha value is -3.48. The SMILES string of the molecule is C#CCNS(=O)(=O)c1ccc(C(=O)Nc2ccc(-n3nc(C)cc3C)nc2)cc1. The van der Waals surface area contributed by atoms with Crippen molar-refractivity contribution in [3.63, 3.8) is 0 Å². The summed E-state index contributed by atoms with van der Waals surface area (Å²) in [5.74, 6) is 2.46. The van der Waals surface area contributed by atoms with Crippen LogP contribution in [0.5, 0.6) is 0 Å². The van der Waals surface area contributed by atoms with E-state index in [-0.39, 0.29) is 17.3 Å². The molecule has 0 saturated carbocycles. The highest BCUT2D eigenvalue weighted by atomic mass is 32.2. The first-order valence-electron chi connectivity index (χ1n) is 8.64. The predicted molar refractivity (Wildman–Crippen MR) is 109 cm³/mol. The topological polar surface area (TPSA) is 106 Å². The molecule has 0 saturated heterocycles. The molecule has 0 aliphatic carbocycles. The van der Waals surface area contributed by atoms with Gasteiger partial charge in [0.15, 0.2) is 5.82 Å². The maximum atomic E-state index is 12.4. The lowest BCUT2D eigenvalue weighted by atomic mass is 10.2. The number of hydrogen-bond donors (Lipinski definition) is 2. The highest BCUT2D eigenvalue weighted by Crippen LogP contribution is 2.15. The number of amides is 1. The van der Waals surface area contributed by atoms with E-state index in [2.05, 4.69) is 26.0 Å². The Kier molecular flexibility index (Phi) is 5.77. The van der Waals surface area contributed by atoms with E-state index in [4.69, 9.17) is 6.42 Å². The van der Waals surface area contributed by atoms with Crippen molar-refractivity contribution in [1.82, 2.24) is 19.5 Å². The monoisotopic (exact) mass is 409 g/mol. The zero-order chi connectivity index (χ0) is 21.0. The molecule has 1 aromatic carbocycles. The Morgan fingerprint density at radius 3 is 2.45 bits per heavy atom. The molecule has 1 amide bonds. The molecule has 0 unspecified atom stereocenters. The molecule has 8 nitrogen and oxygen atoms in total. The number of hydrogen-bond acceptors (Lipinski definition) is 5. The van der Waals surface area contributed by atoms with E-state index in [9.17, 15) is 13.2 Å². The van der Waals surface area contributed by atoms with Crippen LogP contribution in [-0.4, -0.2) is 35.6 Å². The van der Waals surface area contributed by atoms with E-state index in [1.54, 1.807) is 16.8 Å². The summed E-state index contributed by atoms with van der Waals surface area (Å²) < 4.78 is 28.0. The van der Waals surface area contributed by atoms with Crippen molar-refractivity contribution in [2.75, 3.05) is 11.9 Å². The fourth-order valence-corrected chi connectivity index (χ4v) is 3.59. The van der Waals surface area contributed by atoms with Gasteiger partial charge in [0.05, 0.1) is 29.0 Å². The number of benzene rings is 1. The lowest BCUT2D eigenvalue weighted by Crippen LogP contribution is -2.24. The normalized spacial score (nSPS) is 11.1. The molecule has 0 bridgehead atoms. The van der Waals surface area contributed by atoms with Crippen LogP contribution in [0.3, 0.4) is 0 Å². The minimum absolute atomic E-state index is 0.0280. The van der Waals surface area contributed by atoms with Crippen LogP contribution in [0, 0.1) is 26.2 Å². The molecule has 29 heavy (non-hydrogen) atoms. The molecule has 0 aliphatic heterocycles. The van der Waals surface area contributed by atoms with Gasteiger partial charge in [0.25, 0.3) is 5.91 Å². The van der Waals surface area contributed by atoms with Crippen LogP contribution >= 0.6 is 0 Å². The number of rotatable bonds is 6. The summed E-state index contributed by atoms with van der Waals surface area (Å²) in [6.07, 6.45) is 6.60. The number of aromatic nitrogens is 3. The highest BCUT2D eigenvalue weighted by Gasteiger charge is 2.14. The number of nitrogens with one attached hydrogen (secondary N) is 2. The molecule has 148 valence electrons. The van der Waals surface area contributed by atoms with Crippen LogP contribution in [0.15, 0.2) is 53.6 Å². The zero-order valence-corrected chi connectivity index (χ0v) is 16.7. The maximum Gasteiger partial charge on any atom is 0.255 e. The first-order valence-corrected chi connectivity index (χ1v) is 10.1. The second kappa shape index (κ2) is 8.26. The van der Waals surface area contributed by atoms with E-state index in [0.717, 1.165) is 11.4 Å². The Balaban J connectivity index is 1.70. The average Bonchev–Trinajstić information content (AvgIpc) is 3.05. The van der Waals surface area contributed by atoms with Gasteiger partial charge in [-0.1, -0.05) is 5.92 Å². The molecule has 0 fully saturated rings. The number of carbonyl (C=O) groups excluding carboxylic acids is 1. The molecule has 3 aromatic rings. The van der Waals surface area contributed by atoms with Crippen molar-refractivity contribution in [1.29, 1.82) is 0 Å². The summed E-state index contributed by atoms with van der Waals surface area (Å²) in [4.78, 5) is 16.8. The highest BCUT2D eigenvalue weighted by molar-refractivity contribution is 7.89. The van der Waals surface area contributed by atoms with Gasteiger partial charge in [-0.2, -0.15) is 9.82 Å². The molecule has 0 radical (unpaired) electrons. The van der Waals surface area contributed by atoms with E-state index in [1.165, 1.54) is 30.5 Å². The van der Waals surface area contributed by atoms with Crippen LogP contribution < -0.4 is 10.0 Å². The van der Waals surface area contributed by atoms with Gasteiger partial charge in [-0.3, -0.25) is 4.79 Å². The van der Waals surface area contributed by atoms with Crippen molar-refractivity contribution in [3.05, 3.63) is 65.6 Å². The summed E-state index contributed by atoms with van der Waals surface area (Å²) in [5.41, 5.74) is 2.66. The van der Waals surface area contributed by atoms with Crippen molar-refractivity contribution < 1.29 is 13.2 Å². The number of sulfonamides is 1. The Bertz CT molecular complexity index is 1170. The lowest BCUT2D eigenvalue weighted by molar-refractivity contribution is 0.102. The number of pyridine rings is 1.